The third kappa shape index (κ3) is 4.43. The van der Waals surface area contributed by atoms with E-state index in [1.165, 1.54) is 17.3 Å². The van der Waals surface area contributed by atoms with Gasteiger partial charge in [-0.15, -0.1) is 0 Å². The molecule has 3 N–H and O–H groups in total. The highest BCUT2D eigenvalue weighted by atomic mass is 32.2. The maximum Gasteiger partial charge on any atom is 0.335 e. The lowest BCUT2D eigenvalue weighted by Gasteiger charge is -2.12. The Labute approximate surface area is 191 Å². The van der Waals surface area contributed by atoms with Gasteiger partial charge in [0.15, 0.2) is 5.50 Å². The van der Waals surface area contributed by atoms with Crippen LogP contribution in [0.2, 0.25) is 0 Å². The van der Waals surface area contributed by atoms with Gasteiger partial charge in [0.1, 0.15) is 0 Å². The molecule has 0 unspecified atom stereocenters. The van der Waals surface area contributed by atoms with E-state index in [2.05, 4.69) is 29.7 Å². The second-order valence-electron chi connectivity index (χ2n) is 7.69. The first kappa shape index (κ1) is 21.8. The van der Waals surface area contributed by atoms with Gasteiger partial charge in [-0.1, -0.05) is 36.9 Å². The number of thioether (sulfide) groups is 1. The summed E-state index contributed by atoms with van der Waals surface area (Å²) < 4.78 is 2.00. The quantitative estimate of drug-likeness (QED) is 0.466. The molecule has 7 heteroatoms. The molecular weight excluding hydrogens is 422 g/mol. The lowest BCUT2D eigenvalue weighted by atomic mass is 10.1. The van der Waals surface area contributed by atoms with Crippen LogP contribution in [0, 0.1) is 13.8 Å². The highest BCUT2D eigenvalue weighted by Gasteiger charge is 2.27. The van der Waals surface area contributed by atoms with E-state index in [0.29, 0.717) is 4.91 Å². The summed E-state index contributed by atoms with van der Waals surface area (Å²) in [6.45, 7) is 6.05. The smallest absolute Gasteiger partial charge is 0.335 e. The summed E-state index contributed by atoms with van der Waals surface area (Å²) >= 11 is 1.45. The zero-order valence-electron chi connectivity index (χ0n) is 18.2. The average Bonchev–Trinajstić information content (AvgIpc) is 3.26. The van der Waals surface area contributed by atoms with Crippen LogP contribution in [-0.4, -0.2) is 27.0 Å². The number of nitrogens with zero attached hydrogens (tertiary/aromatic N) is 1. The number of nitrogens with one attached hydrogen (secondary N) is 2. The first-order chi connectivity index (χ1) is 15.4. The molecule has 1 fully saturated rings. The summed E-state index contributed by atoms with van der Waals surface area (Å²) in [7, 11) is 0. The number of anilines is 1. The molecule has 1 amide bonds. The van der Waals surface area contributed by atoms with Gasteiger partial charge in [0.25, 0.3) is 5.91 Å². The van der Waals surface area contributed by atoms with E-state index in [9.17, 15) is 14.7 Å². The van der Waals surface area contributed by atoms with E-state index in [1.807, 2.05) is 48.8 Å². The number of rotatable bonds is 6. The van der Waals surface area contributed by atoms with Crippen molar-refractivity contribution >= 4 is 35.4 Å². The Morgan fingerprint density at radius 1 is 1.19 bits per heavy atom. The molecule has 1 aromatic heterocycles. The summed E-state index contributed by atoms with van der Waals surface area (Å²) in [5, 5.41) is 15.6. The summed E-state index contributed by atoms with van der Waals surface area (Å²) in [6.07, 6.45) is 2.88. The maximum atomic E-state index is 12.6. The molecule has 2 aromatic carbocycles. The van der Waals surface area contributed by atoms with Crippen molar-refractivity contribution in [1.29, 1.82) is 0 Å². The number of aryl methyl sites for hydroxylation is 2. The van der Waals surface area contributed by atoms with Gasteiger partial charge in [0, 0.05) is 22.8 Å². The fourth-order valence-corrected chi connectivity index (χ4v) is 4.78. The van der Waals surface area contributed by atoms with Crippen LogP contribution in [0.5, 0.6) is 0 Å². The highest BCUT2D eigenvalue weighted by molar-refractivity contribution is 8.05. The standard InChI is InChI=1S/C25H25N3O3S/c1-4-17-8-10-20(11-9-17)26-25-27-23(29)22(32-25)14-19-12-15(2)28(16(19)3)21-7-5-6-18(13-21)24(30)31/h5-14,25-26H,4H2,1-3H3,(H,27,29)(H,30,31)/b22-14-/t25-/m0/s1. The zero-order valence-corrected chi connectivity index (χ0v) is 19.0. The van der Waals surface area contributed by atoms with Crippen molar-refractivity contribution in [1.82, 2.24) is 9.88 Å². The third-order valence-corrected chi connectivity index (χ3v) is 6.53. The van der Waals surface area contributed by atoms with E-state index in [-0.39, 0.29) is 17.0 Å². The molecule has 0 bridgehead atoms. The van der Waals surface area contributed by atoms with Gasteiger partial charge < -0.3 is 20.3 Å². The zero-order chi connectivity index (χ0) is 22.8. The second kappa shape index (κ2) is 8.96. The monoisotopic (exact) mass is 447 g/mol. The van der Waals surface area contributed by atoms with E-state index >= 15 is 0 Å². The number of carboxylic acids is 1. The van der Waals surface area contributed by atoms with Gasteiger partial charge in [0.05, 0.1) is 10.5 Å². The largest absolute Gasteiger partial charge is 0.478 e. The Hall–Kier alpha value is -3.45. The molecule has 0 saturated carbocycles. The number of amides is 1. The lowest BCUT2D eigenvalue weighted by molar-refractivity contribution is -0.116. The molecule has 0 aliphatic carbocycles. The average molecular weight is 448 g/mol. The molecule has 3 aromatic rings. The fraction of sp³-hybridized carbons (Fsp3) is 0.200. The molecule has 2 heterocycles. The van der Waals surface area contributed by atoms with Crippen LogP contribution >= 0.6 is 11.8 Å². The molecular formula is C25H25N3O3S. The van der Waals surface area contributed by atoms with Crippen LogP contribution in [0.4, 0.5) is 5.69 Å². The van der Waals surface area contributed by atoms with Gasteiger partial charge in [-0.2, -0.15) is 0 Å². The minimum atomic E-state index is -0.960. The summed E-state index contributed by atoms with van der Waals surface area (Å²) in [5.74, 6) is -1.08. The minimum Gasteiger partial charge on any atom is -0.478 e. The van der Waals surface area contributed by atoms with Crippen molar-refractivity contribution in [2.24, 2.45) is 0 Å². The van der Waals surface area contributed by atoms with Crippen LogP contribution in [0.1, 0.15) is 39.8 Å². The molecule has 6 nitrogen and oxygen atoms in total. The molecule has 1 aliphatic rings. The van der Waals surface area contributed by atoms with Crippen molar-refractivity contribution in [3.8, 4) is 5.69 Å². The summed E-state index contributed by atoms with van der Waals surface area (Å²) in [4.78, 5) is 24.5. The Morgan fingerprint density at radius 3 is 2.62 bits per heavy atom. The van der Waals surface area contributed by atoms with Crippen LogP contribution in [0.3, 0.4) is 0 Å². The van der Waals surface area contributed by atoms with Crippen LogP contribution < -0.4 is 10.6 Å². The molecule has 4 rings (SSSR count). The predicted molar refractivity (Wildman–Crippen MR) is 129 cm³/mol. The normalized spacial score (nSPS) is 16.9. The van der Waals surface area contributed by atoms with E-state index in [1.54, 1.807) is 18.2 Å². The topological polar surface area (TPSA) is 83.4 Å². The van der Waals surface area contributed by atoms with Gasteiger partial charge in [-0.3, -0.25) is 4.79 Å². The van der Waals surface area contributed by atoms with Crippen molar-refractivity contribution in [2.45, 2.75) is 32.7 Å². The molecule has 1 saturated heterocycles. The van der Waals surface area contributed by atoms with E-state index in [4.69, 9.17) is 0 Å². The van der Waals surface area contributed by atoms with Crippen molar-refractivity contribution in [3.63, 3.8) is 0 Å². The molecule has 1 atom stereocenters. The summed E-state index contributed by atoms with van der Waals surface area (Å²) in [6, 6.07) is 17.0. The van der Waals surface area contributed by atoms with Gasteiger partial charge >= 0.3 is 5.97 Å². The molecule has 32 heavy (non-hydrogen) atoms. The van der Waals surface area contributed by atoms with E-state index in [0.717, 1.165) is 34.7 Å². The second-order valence-corrected chi connectivity index (χ2v) is 8.84. The predicted octanol–water partition coefficient (Wildman–Crippen LogP) is 4.95. The van der Waals surface area contributed by atoms with Gasteiger partial charge in [-0.05, 0) is 73.9 Å². The number of carbonyl (C=O) groups is 2. The number of carbonyl (C=O) groups excluding carboxylic acids is 1. The lowest BCUT2D eigenvalue weighted by Crippen LogP contribution is -2.30. The first-order valence-corrected chi connectivity index (χ1v) is 11.3. The third-order valence-electron chi connectivity index (χ3n) is 5.50. The number of aromatic nitrogens is 1. The number of benzene rings is 2. The van der Waals surface area contributed by atoms with E-state index < -0.39 is 5.97 Å². The highest BCUT2D eigenvalue weighted by Crippen LogP contribution is 2.32. The fourth-order valence-electron chi connectivity index (χ4n) is 3.80. The molecule has 164 valence electrons. The molecule has 1 aliphatic heterocycles. The van der Waals surface area contributed by atoms with Crippen LogP contribution in [0.25, 0.3) is 11.8 Å². The van der Waals surface area contributed by atoms with Gasteiger partial charge in [0.2, 0.25) is 0 Å². The van der Waals surface area contributed by atoms with Gasteiger partial charge in [-0.25, -0.2) is 4.79 Å². The number of aromatic carboxylic acids is 1. The van der Waals surface area contributed by atoms with Crippen molar-refractivity contribution in [3.05, 3.63) is 87.6 Å². The van der Waals surface area contributed by atoms with Crippen LogP contribution in [-0.2, 0) is 11.2 Å². The first-order valence-electron chi connectivity index (χ1n) is 10.4. The maximum absolute atomic E-state index is 12.6. The number of hydrogen-bond donors (Lipinski definition) is 3. The SMILES string of the molecule is CCc1ccc(N[C@H]2NC(=O)/C(=C/c3cc(C)n(-c4cccc(C(=O)O)c4)c3C)S2)cc1. The van der Waals surface area contributed by atoms with Crippen molar-refractivity contribution in [2.75, 3.05) is 5.32 Å². The Balaban J connectivity index is 1.56. The van der Waals surface area contributed by atoms with Crippen molar-refractivity contribution < 1.29 is 14.7 Å². The Kier molecular flexibility index (Phi) is 6.10. The molecule has 0 radical (unpaired) electrons. The minimum absolute atomic E-state index is 0.115. The van der Waals surface area contributed by atoms with Crippen LogP contribution in [0.15, 0.2) is 59.5 Å². The number of carboxylic acid groups (broad SMARTS) is 1. The Bertz CT molecular complexity index is 1210. The molecule has 0 spiro atoms. The summed E-state index contributed by atoms with van der Waals surface area (Å²) in [5.41, 5.74) is 5.83. The Morgan fingerprint density at radius 2 is 1.94 bits per heavy atom. The number of hydrogen-bond acceptors (Lipinski definition) is 4.